The molecular weight excluding hydrogens is 1150 g/mol. The minimum absolute atomic E-state index is 0.00215. The van der Waals surface area contributed by atoms with Crippen LogP contribution in [0, 0.1) is 33.8 Å². The Hall–Kier alpha value is -8.22. The number of hydrogen-bond acceptors (Lipinski definition) is 15. The number of benzene rings is 3. The first-order valence-corrected chi connectivity index (χ1v) is 31.0. The van der Waals surface area contributed by atoms with Crippen LogP contribution in [0.2, 0.25) is 0 Å². The maximum absolute atomic E-state index is 14.6. The molecule has 0 aromatic heterocycles. The van der Waals surface area contributed by atoms with Crippen molar-refractivity contribution in [1.29, 1.82) is 0 Å². The van der Waals surface area contributed by atoms with E-state index in [1.165, 1.54) is 38.5 Å². The van der Waals surface area contributed by atoms with E-state index in [2.05, 4.69) is 31.8 Å². The largest absolute Gasteiger partial charge is 0.379 e. The molecule has 0 spiro atoms. The van der Waals surface area contributed by atoms with Crippen molar-refractivity contribution in [3.63, 3.8) is 0 Å². The summed E-state index contributed by atoms with van der Waals surface area (Å²) in [6, 6.07) is 16.6. The van der Waals surface area contributed by atoms with Crippen LogP contribution in [0.25, 0.3) is 0 Å². The zero-order valence-corrected chi connectivity index (χ0v) is 54.4. The van der Waals surface area contributed by atoms with Crippen molar-refractivity contribution in [2.45, 2.75) is 162 Å². The van der Waals surface area contributed by atoms with Crippen molar-refractivity contribution >= 4 is 70.3 Å². The highest BCUT2D eigenvalue weighted by Gasteiger charge is 2.44. The predicted molar refractivity (Wildman–Crippen MR) is 341 cm³/mol. The van der Waals surface area contributed by atoms with E-state index < -0.39 is 82.6 Å². The van der Waals surface area contributed by atoms with Crippen molar-refractivity contribution in [2.75, 3.05) is 53.8 Å². The standard InChI is InChI=1S/C66H93N11O13/c1-14-42(6)60(74(11)66(86)58(40(2)3)70-65(85)59(41(4)5)73(9)10)53(89-12)38-57(81)75-35-21-24-51(75)61(90-13)43(7)62(82)69-50(36-45-22-17-15-18-23-45)64(84)67-39-46-26-28-47(29-27-46)44(8)71-72-63(83)49-31-30-48(37-52(49)77(87)88)68-54(78)25-19-16-20-34-76-55(79)32-33-56(76)80/h15,17-18,22-23,26-33,37,40-43,50-51,53,58-61H,14,16,19-21,24-25,34-36,38-39H2,1-13H3,(H,67,84)(H,68,78)(H,69,82)(H,70,85)(H,72,83)/b71-44+/t42-,43?,50?,51?,53?,58-,59?,60?,61?/m0/s1. The number of likely N-dealkylation sites (tertiary alicyclic amines) is 1. The summed E-state index contributed by atoms with van der Waals surface area (Å²) in [5.74, 6) is -4.80. The van der Waals surface area contributed by atoms with Crippen LogP contribution >= 0.6 is 0 Å². The number of amides is 9. The fourth-order valence-electron chi connectivity index (χ4n) is 11.8. The van der Waals surface area contributed by atoms with E-state index in [1.807, 2.05) is 90.9 Å². The van der Waals surface area contributed by atoms with Crippen molar-refractivity contribution in [2.24, 2.45) is 28.8 Å². The second-order valence-electron chi connectivity index (χ2n) is 24.3. The average molecular weight is 1250 g/mol. The van der Waals surface area contributed by atoms with E-state index in [9.17, 15) is 53.3 Å². The molecule has 5 rings (SSSR count). The van der Waals surface area contributed by atoms with E-state index in [4.69, 9.17) is 9.47 Å². The Balaban J connectivity index is 1.19. The molecule has 7 unspecified atom stereocenters. The molecule has 90 heavy (non-hydrogen) atoms. The van der Waals surface area contributed by atoms with Crippen molar-refractivity contribution in [3.8, 4) is 0 Å². The summed E-state index contributed by atoms with van der Waals surface area (Å²) in [6.45, 7) is 15.8. The van der Waals surface area contributed by atoms with Crippen LogP contribution in [0.5, 0.6) is 0 Å². The van der Waals surface area contributed by atoms with Crippen LogP contribution in [0.15, 0.2) is 90.0 Å². The number of nitrogens with zero attached hydrogens (tertiary/aromatic N) is 6. The Bertz CT molecular complexity index is 3040. The first-order chi connectivity index (χ1) is 42.7. The molecule has 490 valence electrons. The molecule has 0 radical (unpaired) electrons. The summed E-state index contributed by atoms with van der Waals surface area (Å²) in [7, 11) is 8.40. The summed E-state index contributed by atoms with van der Waals surface area (Å²) >= 11 is 0. The van der Waals surface area contributed by atoms with Crippen molar-refractivity contribution < 1.29 is 57.5 Å². The Morgan fingerprint density at radius 1 is 0.800 bits per heavy atom. The topological polar surface area (TPSA) is 301 Å². The molecule has 24 nitrogen and oxygen atoms in total. The molecule has 0 bridgehead atoms. The maximum atomic E-state index is 14.6. The van der Waals surface area contributed by atoms with Gasteiger partial charge in [0.15, 0.2) is 0 Å². The molecule has 2 aliphatic rings. The normalized spacial score (nSPS) is 16.9. The number of carbonyl (C=O) groups excluding carboxylic acids is 9. The first kappa shape index (κ1) is 72.5. The van der Waals surface area contributed by atoms with Crippen LogP contribution in [-0.2, 0) is 60.8 Å². The van der Waals surface area contributed by atoms with Gasteiger partial charge in [-0.25, -0.2) is 5.43 Å². The molecule has 9 atom stereocenters. The van der Waals surface area contributed by atoms with Gasteiger partial charge in [0.2, 0.25) is 35.4 Å². The number of hydrogen-bond donors (Lipinski definition) is 5. The number of unbranched alkanes of at least 4 members (excludes halogenated alkanes) is 2. The summed E-state index contributed by atoms with van der Waals surface area (Å²) in [6.07, 6.45) is 4.56. The summed E-state index contributed by atoms with van der Waals surface area (Å²) in [5.41, 5.74) is 4.11. The summed E-state index contributed by atoms with van der Waals surface area (Å²) < 4.78 is 12.2. The van der Waals surface area contributed by atoms with Gasteiger partial charge in [-0.15, -0.1) is 0 Å². The minimum atomic E-state index is -1.01. The lowest BCUT2D eigenvalue weighted by Crippen LogP contribution is -2.59. The molecule has 0 saturated carbocycles. The number of carbonyl (C=O) groups is 9. The third-order valence-corrected chi connectivity index (χ3v) is 16.9. The zero-order chi connectivity index (χ0) is 66.5. The molecule has 24 heteroatoms. The number of methoxy groups -OCH3 is 2. The van der Waals surface area contributed by atoms with Gasteiger partial charge in [-0.05, 0) is 93.3 Å². The minimum Gasteiger partial charge on any atom is -0.379 e. The fraction of sp³-hybridized carbons (Fsp3) is 0.545. The van der Waals surface area contributed by atoms with Gasteiger partial charge in [-0.3, -0.25) is 63.1 Å². The lowest BCUT2D eigenvalue weighted by atomic mass is 9.89. The Kier molecular flexibility index (Phi) is 27.9. The van der Waals surface area contributed by atoms with Gasteiger partial charge in [-0.2, -0.15) is 5.10 Å². The second kappa shape index (κ2) is 34.7. The van der Waals surface area contributed by atoms with Gasteiger partial charge in [0.25, 0.3) is 23.4 Å². The number of ether oxygens (including phenoxy) is 2. The number of anilines is 1. The SMILES string of the molecule is CC[C@H](C)C(C(CC(=O)N1CCCC1C(OC)C(C)C(=O)NC(Cc1ccccc1)C(=O)NCc1ccc(/C(C)=N/NC(=O)c2ccc(NC(=O)CCCCCN3C(=O)C=CC3=O)cc2[N+](=O)[O-])cc1)OC)N(C)C(=O)[C@@H](NC(=O)C(C(C)C)N(C)C)C(C)C. The van der Waals surface area contributed by atoms with Crippen LogP contribution in [-0.4, -0.2) is 174 Å². The highest BCUT2D eigenvalue weighted by atomic mass is 16.6. The predicted octanol–water partition coefficient (Wildman–Crippen LogP) is 6.16. The second-order valence-corrected chi connectivity index (χ2v) is 24.3. The number of nitro benzene ring substituents is 1. The van der Waals surface area contributed by atoms with Gasteiger partial charge in [0.05, 0.1) is 53.3 Å². The van der Waals surface area contributed by atoms with Gasteiger partial charge in [0.1, 0.15) is 17.6 Å². The Labute approximate surface area is 528 Å². The van der Waals surface area contributed by atoms with Gasteiger partial charge < -0.3 is 40.5 Å². The summed E-state index contributed by atoms with van der Waals surface area (Å²) in [4.78, 5) is 138. The molecule has 3 aromatic rings. The number of nitro groups is 1. The molecule has 0 aliphatic carbocycles. The molecule has 2 heterocycles. The van der Waals surface area contributed by atoms with Crippen LogP contribution in [0.3, 0.4) is 0 Å². The van der Waals surface area contributed by atoms with E-state index in [0.29, 0.717) is 61.9 Å². The molecule has 3 aromatic carbocycles. The molecule has 2 aliphatic heterocycles. The number of imide groups is 1. The van der Waals surface area contributed by atoms with Crippen LogP contribution in [0.1, 0.15) is 134 Å². The monoisotopic (exact) mass is 1250 g/mol. The number of likely N-dealkylation sites (N-methyl/N-ethyl adjacent to an activating group) is 2. The van der Waals surface area contributed by atoms with Gasteiger partial charge >= 0.3 is 0 Å². The Morgan fingerprint density at radius 3 is 2.06 bits per heavy atom. The molecule has 1 saturated heterocycles. The lowest BCUT2D eigenvalue weighted by molar-refractivity contribution is -0.385. The summed E-state index contributed by atoms with van der Waals surface area (Å²) in [5, 5.41) is 27.8. The third-order valence-electron chi connectivity index (χ3n) is 16.9. The van der Waals surface area contributed by atoms with E-state index in [0.717, 1.165) is 16.5 Å². The molecule has 9 amide bonds. The molecular formula is C66H93N11O13. The third kappa shape index (κ3) is 19.9. The Morgan fingerprint density at radius 2 is 1.47 bits per heavy atom. The van der Waals surface area contributed by atoms with Gasteiger partial charge in [-0.1, -0.05) is 116 Å². The van der Waals surface area contributed by atoms with E-state index in [-0.39, 0.29) is 90.9 Å². The van der Waals surface area contributed by atoms with Crippen molar-refractivity contribution in [1.82, 2.24) is 41.0 Å². The first-order valence-electron chi connectivity index (χ1n) is 31.0. The molecule has 1 fully saturated rings. The molecule has 5 N–H and O–H groups in total. The number of nitrogens with one attached hydrogen (secondary N) is 5. The van der Waals surface area contributed by atoms with Gasteiger partial charge in [0, 0.05) is 77.6 Å². The van der Waals surface area contributed by atoms with E-state index >= 15 is 0 Å². The van der Waals surface area contributed by atoms with Crippen LogP contribution < -0.4 is 26.7 Å². The average Bonchev–Trinajstić information content (AvgIpc) is 1.44. The number of hydrazone groups is 1. The number of rotatable bonds is 34. The highest BCUT2D eigenvalue weighted by Crippen LogP contribution is 2.31. The maximum Gasteiger partial charge on any atom is 0.284 e. The quantitative estimate of drug-likeness (QED) is 0.0147. The fourth-order valence-corrected chi connectivity index (χ4v) is 11.8. The smallest absolute Gasteiger partial charge is 0.284 e. The zero-order valence-electron chi connectivity index (χ0n) is 54.4. The van der Waals surface area contributed by atoms with Crippen LogP contribution in [0.4, 0.5) is 11.4 Å². The lowest BCUT2D eigenvalue weighted by Gasteiger charge is -2.41. The van der Waals surface area contributed by atoms with E-state index in [1.54, 1.807) is 55.0 Å². The van der Waals surface area contributed by atoms with Crippen molar-refractivity contribution in [3.05, 3.63) is 117 Å². The highest BCUT2D eigenvalue weighted by molar-refractivity contribution is 6.13.